The van der Waals surface area contributed by atoms with Crippen LogP contribution < -0.4 is 10.2 Å². The Kier molecular flexibility index (Phi) is 7.46. The van der Waals surface area contributed by atoms with Gasteiger partial charge in [-0.15, -0.1) is 0 Å². The van der Waals surface area contributed by atoms with Gasteiger partial charge in [-0.25, -0.2) is 0 Å². The first-order valence-electron chi connectivity index (χ1n) is 6.71. The number of benzene rings is 1. The maximum Gasteiger partial charge on any atom is 0.0587 e. The van der Waals surface area contributed by atoms with Crippen LogP contribution in [0.25, 0.3) is 0 Å². The van der Waals surface area contributed by atoms with Crippen molar-refractivity contribution in [3.05, 3.63) is 29.8 Å². The minimum absolute atomic E-state index is 0.795. The number of hydrogen-bond donors (Lipinski definition) is 1. The number of aryl methyl sites for hydroxylation is 1. The summed E-state index contributed by atoms with van der Waals surface area (Å²) in [4.78, 5) is 2.32. The Labute approximate surface area is 111 Å². The molecule has 0 saturated heterocycles. The van der Waals surface area contributed by atoms with Gasteiger partial charge in [0, 0.05) is 32.9 Å². The van der Waals surface area contributed by atoms with Gasteiger partial charge in [0.05, 0.1) is 6.61 Å². The molecule has 0 unspecified atom stereocenters. The molecule has 1 aromatic carbocycles. The van der Waals surface area contributed by atoms with Crippen molar-refractivity contribution in [2.24, 2.45) is 0 Å². The van der Waals surface area contributed by atoms with Gasteiger partial charge in [-0.2, -0.15) is 0 Å². The van der Waals surface area contributed by atoms with E-state index in [9.17, 15) is 0 Å². The van der Waals surface area contributed by atoms with Gasteiger partial charge < -0.3 is 15.0 Å². The maximum atomic E-state index is 4.98. The van der Waals surface area contributed by atoms with Crippen LogP contribution in [-0.4, -0.2) is 40.4 Å². The Morgan fingerprint density at radius 2 is 2.06 bits per heavy atom. The predicted molar refractivity (Wildman–Crippen MR) is 78.4 cm³/mol. The van der Waals surface area contributed by atoms with Crippen molar-refractivity contribution >= 4 is 5.69 Å². The summed E-state index contributed by atoms with van der Waals surface area (Å²) in [7, 11) is 3.89. The third-order valence-electron chi connectivity index (χ3n) is 3.02. The third-order valence-corrected chi connectivity index (χ3v) is 3.02. The summed E-state index contributed by atoms with van der Waals surface area (Å²) in [6.07, 6.45) is 2.42. The quantitative estimate of drug-likeness (QED) is 0.681. The summed E-state index contributed by atoms with van der Waals surface area (Å²) < 4.78 is 4.98. The lowest BCUT2D eigenvalue weighted by Gasteiger charge is -2.19. The van der Waals surface area contributed by atoms with E-state index < -0.39 is 0 Å². The van der Waals surface area contributed by atoms with E-state index in [1.54, 1.807) is 7.11 Å². The molecule has 0 aliphatic heterocycles. The summed E-state index contributed by atoms with van der Waals surface area (Å²) in [5, 5.41) is 3.37. The number of nitrogens with zero attached hydrogens (tertiary/aromatic N) is 1. The number of rotatable bonds is 9. The van der Waals surface area contributed by atoms with Gasteiger partial charge in [-0.3, -0.25) is 0 Å². The highest BCUT2D eigenvalue weighted by molar-refractivity contribution is 5.47. The molecule has 0 saturated carbocycles. The Balaban J connectivity index is 2.12. The Morgan fingerprint density at radius 1 is 1.22 bits per heavy atom. The molecule has 0 atom stereocenters. The van der Waals surface area contributed by atoms with Gasteiger partial charge in [0.1, 0.15) is 0 Å². The molecule has 0 aliphatic rings. The number of ether oxygens (including phenoxy) is 1. The number of methoxy groups -OCH3 is 1. The van der Waals surface area contributed by atoms with E-state index in [2.05, 4.69) is 48.5 Å². The van der Waals surface area contributed by atoms with E-state index in [1.807, 2.05) is 0 Å². The van der Waals surface area contributed by atoms with Gasteiger partial charge in [0.15, 0.2) is 0 Å². The van der Waals surface area contributed by atoms with Crippen molar-refractivity contribution in [3.8, 4) is 0 Å². The fourth-order valence-electron chi connectivity index (χ4n) is 1.89. The highest BCUT2D eigenvalue weighted by Gasteiger charge is 2.00. The first kappa shape index (κ1) is 15.0. The van der Waals surface area contributed by atoms with Crippen LogP contribution in [0.2, 0.25) is 0 Å². The van der Waals surface area contributed by atoms with Crippen molar-refractivity contribution in [1.29, 1.82) is 0 Å². The summed E-state index contributed by atoms with van der Waals surface area (Å²) in [5.74, 6) is 0. The SMILES string of the molecule is COCCNCCCCN(C)c1cccc(C)c1. The topological polar surface area (TPSA) is 24.5 Å². The molecule has 102 valence electrons. The summed E-state index contributed by atoms with van der Waals surface area (Å²) >= 11 is 0. The minimum atomic E-state index is 0.795. The van der Waals surface area contributed by atoms with E-state index >= 15 is 0 Å². The van der Waals surface area contributed by atoms with Gasteiger partial charge in [0.25, 0.3) is 0 Å². The summed E-state index contributed by atoms with van der Waals surface area (Å²) in [5.41, 5.74) is 2.63. The van der Waals surface area contributed by atoms with E-state index in [4.69, 9.17) is 4.74 Å². The van der Waals surface area contributed by atoms with Crippen molar-refractivity contribution < 1.29 is 4.74 Å². The second-order valence-electron chi connectivity index (χ2n) is 4.71. The molecule has 0 aliphatic carbocycles. The Morgan fingerprint density at radius 3 is 2.78 bits per heavy atom. The summed E-state index contributed by atoms with van der Waals surface area (Å²) in [6, 6.07) is 8.66. The molecule has 1 rings (SSSR count). The maximum absolute atomic E-state index is 4.98. The van der Waals surface area contributed by atoms with Crippen LogP contribution in [0.15, 0.2) is 24.3 Å². The summed E-state index contributed by atoms with van der Waals surface area (Å²) in [6.45, 7) is 6.06. The van der Waals surface area contributed by atoms with E-state index in [1.165, 1.54) is 24.1 Å². The van der Waals surface area contributed by atoms with Crippen LogP contribution in [0.5, 0.6) is 0 Å². The molecule has 0 fully saturated rings. The van der Waals surface area contributed by atoms with Gasteiger partial charge >= 0.3 is 0 Å². The molecule has 18 heavy (non-hydrogen) atoms. The standard InChI is InChI=1S/C15H26N2O/c1-14-7-6-8-15(13-14)17(2)11-5-4-9-16-10-12-18-3/h6-8,13,16H,4-5,9-12H2,1-3H3. The smallest absolute Gasteiger partial charge is 0.0587 e. The molecule has 0 heterocycles. The largest absolute Gasteiger partial charge is 0.383 e. The highest BCUT2D eigenvalue weighted by atomic mass is 16.5. The zero-order valence-corrected chi connectivity index (χ0v) is 11.9. The molecule has 0 aromatic heterocycles. The predicted octanol–water partition coefficient (Wildman–Crippen LogP) is 2.45. The lowest BCUT2D eigenvalue weighted by molar-refractivity contribution is 0.199. The highest BCUT2D eigenvalue weighted by Crippen LogP contribution is 2.14. The second kappa shape index (κ2) is 8.95. The van der Waals surface area contributed by atoms with Crippen LogP contribution in [-0.2, 0) is 4.74 Å². The average Bonchev–Trinajstić information content (AvgIpc) is 2.37. The van der Waals surface area contributed by atoms with Crippen molar-refractivity contribution in [3.63, 3.8) is 0 Å². The van der Waals surface area contributed by atoms with Crippen molar-refractivity contribution in [2.75, 3.05) is 45.3 Å². The zero-order chi connectivity index (χ0) is 13.2. The van der Waals surface area contributed by atoms with Crippen LogP contribution in [0.4, 0.5) is 5.69 Å². The molecule has 0 spiro atoms. The molecule has 1 N–H and O–H groups in total. The number of hydrogen-bond acceptors (Lipinski definition) is 3. The van der Waals surface area contributed by atoms with E-state index in [0.717, 1.165) is 26.2 Å². The van der Waals surface area contributed by atoms with Crippen LogP contribution in [0.3, 0.4) is 0 Å². The minimum Gasteiger partial charge on any atom is -0.383 e. The van der Waals surface area contributed by atoms with Crippen molar-refractivity contribution in [2.45, 2.75) is 19.8 Å². The molecule has 0 radical (unpaired) electrons. The van der Waals surface area contributed by atoms with Crippen LogP contribution in [0, 0.1) is 6.92 Å². The molecular weight excluding hydrogens is 224 g/mol. The lowest BCUT2D eigenvalue weighted by atomic mass is 10.2. The first-order valence-corrected chi connectivity index (χ1v) is 6.71. The first-order chi connectivity index (χ1) is 8.74. The van der Waals surface area contributed by atoms with Gasteiger partial charge in [-0.05, 0) is 44.0 Å². The molecule has 3 heteroatoms. The van der Waals surface area contributed by atoms with Gasteiger partial charge in [-0.1, -0.05) is 12.1 Å². The van der Waals surface area contributed by atoms with Crippen molar-refractivity contribution in [1.82, 2.24) is 5.32 Å². The molecule has 1 aromatic rings. The molecular formula is C15H26N2O. The fourth-order valence-corrected chi connectivity index (χ4v) is 1.89. The average molecular weight is 250 g/mol. The zero-order valence-electron chi connectivity index (χ0n) is 11.9. The normalized spacial score (nSPS) is 10.6. The number of unbranched alkanes of at least 4 members (excludes halogenated alkanes) is 1. The van der Waals surface area contributed by atoms with E-state index in [0.29, 0.717) is 0 Å². The number of nitrogens with one attached hydrogen (secondary N) is 1. The monoisotopic (exact) mass is 250 g/mol. The Bertz CT molecular complexity index is 328. The van der Waals surface area contributed by atoms with Gasteiger partial charge in [0.2, 0.25) is 0 Å². The Hall–Kier alpha value is -1.06. The van der Waals surface area contributed by atoms with Crippen LogP contribution in [0.1, 0.15) is 18.4 Å². The third kappa shape index (κ3) is 6.03. The molecule has 3 nitrogen and oxygen atoms in total. The van der Waals surface area contributed by atoms with Crippen LogP contribution >= 0.6 is 0 Å². The number of anilines is 1. The fraction of sp³-hybridized carbons (Fsp3) is 0.600. The lowest BCUT2D eigenvalue weighted by Crippen LogP contribution is -2.23. The molecule has 0 bridgehead atoms. The molecule has 0 amide bonds. The van der Waals surface area contributed by atoms with E-state index in [-0.39, 0.29) is 0 Å². The second-order valence-corrected chi connectivity index (χ2v) is 4.71.